The normalized spacial score (nSPS) is 14.5. The zero-order chi connectivity index (χ0) is 22.3. The lowest BCUT2D eigenvalue weighted by Gasteiger charge is -2.35. The number of hydrogen-bond donors (Lipinski definition) is 0. The van der Waals surface area contributed by atoms with E-state index in [4.69, 9.17) is 0 Å². The maximum atomic E-state index is 12.5. The Hall–Kier alpha value is -2.67. The molecule has 1 saturated heterocycles. The molecule has 1 fully saturated rings. The van der Waals surface area contributed by atoms with Crippen molar-refractivity contribution in [3.8, 4) is 0 Å². The average molecular weight is 443 g/mol. The maximum absolute atomic E-state index is 12.5. The molecule has 6 nitrogen and oxygen atoms in total. The molecule has 2 aromatic carbocycles. The van der Waals surface area contributed by atoms with Gasteiger partial charge in [-0.25, -0.2) is 8.42 Å². The molecule has 0 N–H and O–H groups in total. The summed E-state index contributed by atoms with van der Waals surface area (Å²) >= 11 is 0. The molecule has 31 heavy (non-hydrogen) atoms. The smallest absolute Gasteiger partial charge is 0.223 e. The first-order valence-corrected chi connectivity index (χ1v) is 12.4. The van der Waals surface area contributed by atoms with E-state index < -0.39 is 9.84 Å². The molecule has 0 aromatic heterocycles. The van der Waals surface area contributed by atoms with Crippen LogP contribution in [0.1, 0.15) is 30.4 Å². The molecule has 2 amide bonds. The SMILES string of the molecule is Cc1ccc(S(=O)(=O)CCC(=O)N2CCN(C(=O)CCCc3ccccc3)CC2)cc1. The Morgan fingerprint density at radius 3 is 1.94 bits per heavy atom. The van der Waals surface area contributed by atoms with Crippen LogP contribution in [0.4, 0.5) is 0 Å². The monoisotopic (exact) mass is 442 g/mol. The standard InChI is InChI=1S/C24H30N2O4S/c1-20-10-12-22(13-11-20)31(29,30)19-14-24(28)26-17-15-25(16-18-26)23(27)9-5-8-21-6-3-2-4-7-21/h2-4,6-7,10-13H,5,8-9,14-19H2,1H3. The molecule has 0 spiro atoms. The van der Waals surface area contributed by atoms with E-state index in [-0.39, 0.29) is 28.9 Å². The van der Waals surface area contributed by atoms with E-state index in [0.717, 1.165) is 18.4 Å². The van der Waals surface area contributed by atoms with Crippen molar-refractivity contribution in [2.75, 3.05) is 31.9 Å². The first-order chi connectivity index (χ1) is 14.8. The van der Waals surface area contributed by atoms with Crippen molar-refractivity contribution in [2.45, 2.75) is 37.5 Å². The van der Waals surface area contributed by atoms with Crippen LogP contribution in [0.3, 0.4) is 0 Å². The summed E-state index contributed by atoms with van der Waals surface area (Å²) in [4.78, 5) is 28.7. The highest BCUT2D eigenvalue weighted by Crippen LogP contribution is 2.15. The highest BCUT2D eigenvalue weighted by molar-refractivity contribution is 7.91. The van der Waals surface area contributed by atoms with Crippen LogP contribution < -0.4 is 0 Å². The fourth-order valence-corrected chi connectivity index (χ4v) is 4.92. The number of hydrogen-bond acceptors (Lipinski definition) is 4. The molecular weight excluding hydrogens is 412 g/mol. The van der Waals surface area contributed by atoms with Gasteiger partial charge in [0.05, 0.1) is 10.6 Å². The Morgan fingerprint density at radius 1 is 0.806 bits per heavy atom. The van der Waals surface area contributed by atoms with Crippen LogP contribution in [-0.2, 0) is 25.8 Å². The lowest BCUT2D eigenvalue weighted by Crippen LogP contribution is -2.50. The highest BCUT2D eigenvalue weighted by Gasteiger charge is 2.25. The van der Waals surface area contributed by atoms with Crippen LogP contribution in [0.15, 0.2) is 59.5 Å². The van der Waals surface area contributed by atoms with Crippen LogP contribution in [0.5, 0.6) is 0 Å². The van der Waals surface area contributed by atoms with Crippen molar-refractivity contribution < 1.29 is 18.0 Å². The van der Waals surface area contributed by atoms with E-state index in [1.807, 2.05) is 25.1 Å². The van der Waals surface area contributed by atoms with E-state index in [1.54, 1.807) is 34.1 Å². The number of amides is 2. The third kappa shape index (κ3) is 6.66. The van der Waals surface area contributed by atoms with Gasteiger partial charge >= 0.3 is 0 Å². The molecule has 1 aliphatic rings. The van der Waals surface area contributed by atoms with E-state index in [0.29, 0.717) is 32.6 Å². The van der Waals surface area contributed by atoms with Gasteiger partial charge in [-0.15, -0.1) is 0 Å². The average Bonchev–Trinajstić information content (AvgIpc) is 2.78. The Morgan fingerprint density at radius 2 is 1.35 bits per heavy atom. The van der Waals surface area contributed by atoms with Gasteiger partial charge in [-0.05, 0) is 37.5 Å². The van der Waals surface area contributed by atoms with Gasteiger partial charge in [0.15, 0.2) is 9.84 Å². The van der Waals surface area contributed by atoms with E-state index >= 15 is 0 Å². The highest BCUT2D eigenvalue weighted by atomic mass is 32.2. The summed E-state index contributed by atoms with van der Waals surface area (Å²) in [6, 6.07) is 16.8. The number of nitrogens with zero attached hydrogens (tertiary/aromatic N) is 2. The fourth-order valence-electron chi connectivity index (χ4n) is 3.70. The minimum Gasteiger partial charge on any atom is -0.339 e. The van der Waals surface area contributed by atoms with Crippen LogP contribution in [0.2, 0.25) is 0 Å². The van der Waals surface area contributed by atoms with Crippen molar-refractivity contribution in [3.05, 3.63) is 65.7 Å². The Kier molecular flexibility index (Phi) is 7.85. The first kappa shape index (κ1) is 23.0. The van der Waals surface area contributed by atoms with Gasteiger partial charge < -0.3 is 9.80 Å². The zero-order valence-electron chi connectivity index (χ0n) is 18.0. The van der Waals surface area contributed by atoms with Crippen LogP contribution in [-0.4, -0.2) is 62.0 Å². The molecule has 0 aliphatic carbocycles. The molecular formula is C24H30N2O4S. The Balaban J connectivity index is 1.40. The summed E-state index contributed by atoms with van der Waals surface area (Å²) in [5.41, 5.74) is 2.22. The summed E-state index contributed by atoms with van der Waals surface area (Å²) in [5.74, 6) is -0.259. The molecule has 1 aliphatic heterocycles. The minimum atomic E-state index is -3.48. The van der Waals surface area contributed by atoms with Gasteiger partial charge in [0, 0.05) is 39.0 Å². The van der Waals surface area contributed by atoms with Gasteiger partial charge in [-0.2, -0.15) is 0 Å². The summed E-state index contributed by atoms with van der Waals surface area (Å²) in [6.45, 7) is 3.80. The molecule has 0 saturated carbocycles. The largest absolute Gasteiger partial charge is 0.339 e. The second kappa shape index (κ2) is 10.6. The number of carbonyl (C=O) groups is 2. The summed E-state index contributed by atoms with van der Waals surface area (Å²) < 4.78 is 24.9. The molecule has 2 aromatic rings. The third-order valence-corrected chi connectivity index (χ3v) is 7.38. The number of sulfone groups is 1. The molecule has 0 atom stereocenters. The number of benzene rings is 2. The third-order valence-electron chi connectivity index (χ3n) is 5.65. The van der Waals surface area contributed by atoms with Gasteiger partial charge in [-0.1, -0.05) is 48.0 Å². The van der Waals surface area contributed by atoms with Gasteiger partial charge in [0.25, 0.3) is 0 Å². The first-order valence-electron chi connectivity index (χ1n) is 10.7. The van der Waals surface area contributed by atoms with Crippen molar-refractivity contribution in [1.82, 2.24) is 9.80 Å². The van der Waals surface area contributed by atoms with Crippen LogP contribution in [0, 0.1) is 6.92 Å². The number of carbonyl (C=O) groups excluding carboxylic acids is 2. The van der Waals surface area contributed by atoms with Gasteiger partial charge in [-0.3, -0.25) is 9.59 Å². The molecule has 7 heteroatoms. The molecule has 3 rings (SSSR count). The number of rotatable bonds is 8. The second-order valence-electron chi connectivity index (χ2n) is 7.98. The summed E-state index contributed by atoms with van der Waals surface area (Å²) in [6.07, 6.45) is 2.14. The number of piperazine rings is 1. The van der Waals surface area contributed by atoms with E-state index in [1.165, 1.54) is 5.56 Å². The molecule has 166 valence electrons. The van der Waals surface area contributed by atoms with Crippen molar-refractivity contribution in [3.63, 3.8) is 0 Å². The summed E-state index contributed by atoms with van der Waals surface area (Å²) in [5, 5.41) is 0. The Labute approximate surface area is 184 Å². The zero-order valence-corrected chi connectivity index (χ0v) is 18.8. The number of aryl methyl sites for hydroxylation is 2. The van der Waals surface area contributed by atoms with Crippen LogP contribution >= 0.6 is 0 Å². The maximum Gasteiger partial charge on any atom is 0.223 e. The van der Waals surface area contributed by atoms with Gasteiger partial charge in [0.2, 0.25) is 11.8 Å². The van der Waals surface area contributed by atoms with Crippen molar-refractivity contribution in [1.29, 1.82) is 0 Å². The topological polar surface area (TPSA) is 74.8 Å². The Bertz CT molecular complexity index is 980. The predicted octanol–water partition coefficient (Wildman–Crippen LogP) is 2.85. The lowest BCUT2D eigenvalue weighted by molar-refractivity contribution is -0.139. The van der Waals surface area contributed by atoms with Crippen LogP contribution in [0.25, 0.3) is 0 Å². The van der Waals surface area contributed by atoms with Crippen molar-refractivity contribution in [2.24, 2.45) is 0 Å². The quantitative estimate of drug-likeness (QED) is 0.630. The molecule has 0 radical (unpaired) electrons. The predicted molar refractivity (Wildman–Crippen MR) is 120 cm³/mol. The fraction of sp³-hybridized carbons (Fsp3) is 0.417. The lowest BCUT2D eigenvalue weighted by atomic mass is 10.1. The summed E-state index contributed by atoms with van der Waals surface area (Å²) in [7, 11) is -3.48. The molecule has 0 unspecified atom stereocenters. The van der Waals surface area contributed by atoms with Gasteiger partial charge in [0.1, 0.15) is 0 Å². The second-order valence-corrected chi connectivity index (χ2v) is 10.1. The minimum absolute atomic E-state index is 0.0404. The molecule has 0 bridgehead atoms. The van der Waals surface area contributed by atoms with E-state index in [2.05, 4.69) is 12.1 Å². The molecule has 1 heterocycles. The van der Waals surface area contributed by atoms with Crippen molar-refractivity contribution >= 4 is 21.7 Å². The van der Waals surface area contributed by atoms with E-state index in [9.17, 15) is 18.0 Å².